The maximum atomic E-state index is 11.9. The van der Waals surface area contributed by atoms with Gasteiger partial charge in [-0.15, -0.1) is 0 Å². The number of amides is 2. The second-order valence-corrected chi connectivity index (χ2v) is 4.27. The fourth-order valence-electron chi connectivity index (χ4n) is 1.63. The van der Waals surface area contributed by atoms with Crippen molar-refractivity contribution < 1.29 is 14.1 Å². The summed E-state index contributed by atoms with van der Waals surface area (Å²) in [6.07, 6.45) is -0.162. The Morgan fingerprint density at radius 1 is 1.44 bits per heavy atom. The molecule has 0 radical (unpaired) electrons. The molecular formula is C11H18N4O3. The van der Waals surface area contributed by atoms with E-state index < -0.39 is 11.9 Å². The number of carbonyl (C=O) groups is 2. The number of hydrogen-bond acceptors (Lipinski definition) is 5. The molecule has 0 bridgehead atoms. The highest BCUT2D eigenvalue weighted by Crippen LogP contribution is 2.14. The lowest BCUT2D eigenvalue weighted by Crippen LogP contribution is -2.43. The van der Waals surface area contributed by atoms with E-state index in [-0.39, 0.29) is 12.3 Å². The largest absolute Gasteiger partial charge is 0.370 e. The molecule has 1 unspecified atom stereocenters. The minimum Gasteiger partial charge on any atom is -0.370 e. The molecule has 1 rings (SSSR count). The summed E-state index contributed by atoms with van der Waals surface area (Å²) >= 11 is 0. The Balaban J connectivity index is 2.68. The topological polar surface area (TPSA) is 115 Å². The summed E-state index contributed by atoms with van der Waals surface area (Å²) in [6.45, 7) is 3.91. The summed E-state index contributed by atoms with van der Waals surface area (Å²) in [7, 11) is 1.61. The Hall–Kier alpha value is -1.89. The fourth-order valence-corrected chi connectivity index (χ4v) is 1.63. The third-order valence-electron chi connectivity index (χ3n) is 2.69. The first kappa shape index (κ1) is 14.2. The molecule has 0 fully saturated rings. The molecule has 0 aliphatic carbocycles. The van der Waals surface area contributed by atoms with Gasteiger partial charge >= 0.3 is 0 Å². The van der Waals surface area contributed by atoms with Crippen molar-refractivity contribution in [2.24, 2.45) is 11.5 Å². The Labute approximate surface area is 105 Å². The van der Waals surface area contributed by atoms with E-state index in [2.05, 4.69) is 5.16 Å². The van der Waals surface area contributed by atoms with Crippen molar-refractivity contribution in [2.45, 2.75) is 32.9 Å². The van der Waals surface area contributed by atoms with Crippen molar-refractivity contribution >= 4 is 11.8 Å². The molecule has 2 amide bonds. The fraction of sp³-hybridized carbons (Fsp3) is 0.545. The summed E-state index contributed by atoms with van der Waals surface area (Å²) in [5, 5.41) is 3.80. The first-order valence-corrected chi connectivity index (χ1v) is 5.53. The van der Waals surface area contributed by atoms with Crippen LogP contribution in [0.4, 0.5) is 0 Å². The minimum atomic E-state index is -0.909. The highest BCUT2D eigenvalue weighted by atomic mass is 16.5. The van der Waals surface area contributed by atoms with Crippen LogP contribution in [0.25, 0.3) is 0 Å². The van der Waals surface area contributed by atoms with E-state index in [4.69, 9.17) is 16.0 Å². The molecule has 1 heterocycles. The number of aryl methyl sites for hydroxylation is 2. The number of hydrogen-bond donors (Lipinski definition) is 2. The minimum absolute atomic E-state index is 0.162. The second kappa shape index (κ2) is 5.63. The van der Waals surface area contributed by atoms with Crippen LogP contribution < -0.4 is 11.5 Å². The van der Waals surface area contributed by atoms with Gasteiger partial charge in [0.15, 0.2) is 0 Å². The molecule has 1 aromatic heterocycles. The van der Waals surface area contributed by atoms with Gasteiger partial charge in [-0.25, -0.2) is 0 Å². The predicted octanol–water partition coefficient (Wildman–Crippen LogP) is -0.547. The lowest BCUT2D eigenvalue weighted by atomic mass is 10.1. The summed E-state index contributed by atoms with van der Waals surface area (Å²) < 4.78 is 5.01. The molecule has 4 N–H and O–H groups in total. The van der Waals surface area contributed by atoms with Gasteiger partial charge in [-0.2, -0.15) is 0 Å². The van der Waals surface area contributed by atoms with Crippen LogP contribution in [0.5, 0.6) is 0 Å². The monoisotopic (exact) mass is 254 g/mol. The standard InChI is InChI=1S/C11H18N4O3/c1-6-8(7(2)18-14-6)5-15(3)11(17)9(12)4-10(13)16/h9H,4-5,12H2,1-3H3,(H2,13,16). The average Bonchev–Trinajstić information content (AvgIpc) is 2.58. The van der Waals surface area contributed by atoms with Gasteiger partial charge in [-0.1, -0.05) is 5.16 Å². The van der Waals surface area contributed by atoms with E-state index in [9.17, 15) is 9.59 Å². The maximum Gasteiger partial charge on any atom is 0.240 e. The third kappa shape index (κ3) is 3.30. The molecule has 0 aromatic carbocycles. The zero-order chi connectivity index (χ0) is 13.9. The number of aromatic nitrogens is 1. The van der Waals surface area contributed by atoms with Crippen LogP contribution >= 0.6 is 0 Å². The Kier molecular flexibility index (Phi) is 4.43. The van der Waals surface area contributed by atoms with Gasteiger partial charge in [0, 0.05) is 12.6 Å². The molecular weight excluding hydrogens is 236 g/mol. The molecule has 7 heteroatoms. The maximum absolute atomic E-state index is 11.9. The second-order valence-electron chi connectivity index (χ2n) is 4.27. The van der Waals surface area contributed by atoms with Gasteiger partial charge in [0.1, 0.15) is 5.76 Å². The SMILES string of the molecule is Cc1noc(C)c1CN(C)C(=O)C(N)CC(N)=O. The van der Waals surface area contributed by atoms with Gasteiger partial charge < -0.3 is 20.9 Å². The molecule has 0 aliphatic rings. The van der Waals surface area contributed by atoms with Crippen LogP contribution in [0.1, 0.15) is 23.4 Å². The van der Waals surface area contributed by atoms with Crippen molar-refractivity contribution in [3.8, 4) is 0 Å². The number of carbonyl (C=O) groups excluding carboxylic acids is 2. The van der Waals surface area contributed by atoms with Crippen LogP contribution in [-0.2, 0) is 16.1 Å². The van der Waals surface area contributed by atoms with Crippen molar-refractivity contribution in [1.29, 1.82) is 0 Å². The molecule has 100 valence electrons. The first-order valence-electron chi connectivity index (χ1n) is 5.53. The quantitative estimate of drug-likeness (QED) is 0.731. The molecule has 1 aromatic rings. The number of primary amides is 1. The smallest absolute Gasteiger partial charge is 0.240 e. The summed E-state index contributed by atoms with van der Waals surface area (Å²) in [4.78, 5) is 24.0. The number of nitrogens with zero attached hydrogens (tertiary/aromatic N) is 2. The van der Waals surface area contributed by atoms with Gasteiger partial charge in [0.2, 0.25) is 11.8 Å². The third-order valence-corrected chi connectivity index (χ3v) is 2.69. The van der Waals surface area contributed by atoms with E-state index >= 15 is 0 Å². The van der Waals surface area contributed by atoms with Crippen molar-refractivity contribution in [3.63, 3.8) is 0 Å². The number of nitrogens with two attached hydrogens (primary N) is 2. The van der Waals surface area contributed by atoms with E-state index in [0.29, 0.717) is 12.3 Å². The van der Waals surface area contributed by atoms with E-state index in [1.165, 1.54) is 4.90 Å². The van der Waals surface area contributed by atoms with Crippen molar-refractivity contribution in [1.82, 2.24) is 10.1 Å². The van der Waals surface area contributed by atoms with E-state index in [0.717, 1.165) is 11.3 Å². The number of likely N-dealkylation sites (N-methyl/N-ethyl adjacent to an activating group) is 1. The van der Waals surface area contributed by atoms with Crippen molar-refractivity contribution in [3.05, 3.63) is 17.0 Å². The van der Waals surface area contributed by atoms with E-state index in [1.807, 2.05) is 0 Å². The molecule has 18 heavy (non-hydrogen) atoms. The van der Waals surface area contributed by atoms with Crippen LogP contribution in [0.3, 0.4) is 0 Å². The van der Waals surface area contributed by atoms with Crippen LogP contribution in [0, 0.1) is 13.8 Å². The summed E-state index contributed by atoms with van der Waals surface area (Å²) in [6, 6.07) is -0.909. The Morgan fingerprint density at radius 3 is 2.50 bits per heavy atom. The molecule has 0 spiro atoms. The van der Waals surface area contributed by atoms with Gasteiger partial charge in [0.05, 0.1) is 24.7 Å². The highest BCUT2D eigenvalue weighted by molar-refractivity contribution is 5.87. The van der Waals surface area contributed by atoms with Crippen LogP contribution in [0.2, 0.25) is 0 Å². The Bertz CT molecular complexity index is 436. The molecule has 0 saturated heterocycles. The molecule has 1 atom stereocenters. The molecule has 0 aliphatic heterocycles. The van der Waals surface area contributed by atoms with Crippen LogP contribution in [-0.4, -0.2) is 35.0 Å². The number of rotatable bonds is 5. The van der Waals surface area contributed by atoms with E-state index in [1.54, 1.807) is 20.9 Å². The van der Waals surface area contributed by atoms with Gasteiger partial charge in [-0.3, -0.25) is 9.59 Å². The molecule has 7 nitrogen and oxygen atoms in total. The average molecular weight is 254 g/mol. The normalized spacial score (nSPS) is 12.2. The predicted molar refractivity (Wildman–Crippen MR) is 64.2 cm³/mol. The van der Waals surface area contributed by atoms with Gasteiger partial charge in [-0.05, 0) is 13.8 Å². The zero-order valence-corrected chi connectivity index (χ0v) is 10.8. The first-order chi connectivity index (χ1) is 8.32. The lowest BCUT2D eigenvalue weighted by molar-refractivity contribution is -0.133. The molecule has 0 saturated carbocycles. The zero-order valence-electron chi connectivity index (χ0n) is 10.8. The highest BCUT2D eigenvalue weighted by Gasteiger charge is 2.22. The lowest BCUT2D eigenvalue weighted by Gasteiger charge is -2.20. The van der Waals surface area contributed by atoms with Crippen molar-refractivity contribution in [2.75, 3.05) is 7.05 Å². The van der Waals surface area contributed by atoms with Crippen LogP contribution in [0.15, 0.2) is 4.52 Å². The summed E-state index contributed by atoms with van der Waals surface area (Å²) in [5.74, 6) is -0.272. The van der Waals surface area contributed by atoms with Gasteiger partial charge in [0.25, 0.3) is 0 Å². The Morgan fingerprint density at radius 2 is 2.06 bits per heavy atom. The summed E-state index contributed by atoms with van der Waals surface area (Å²) in [5.41, 5.74) is 12.2.